The van der Waals surface area contributed by atoms with E-state index in [-0.39, 0.29) is 18.1 Å². The van der Waals surface area contributed by atoms with Crippen LogP contribution in [0.5, 0.6) is 11.6 Å². The van der Waals surface area contributed by atoms with E-state index in [2.05, 4.69) is 9.77 Å². The van der Waals surface area contributed by atoms with Crippen LogP contribution in [0.3, 0.4) is 0 Å². The van der Waals surface area contributed by atoms with Crippen LogP contribution in [-0.2, 0) is 9.53 Å². The monoisotopic (exact) mass is 339 g/mol. The first-order valence-corrected chi connectivity index (χ1v) is 7.68. The lowest BCUT2D eigenvalue weighted by Crippen LogP contribution is -2.17. The maximum absolute atomic E-state index is 12.2. The molecule has 0 radical (unpaired) electrons. The van der Waals surface area contributed by atoms with Gasteiger partial charge in [-0.3, -0.25) is 9.59 Å². The van der Waals surface area contributed by atoms with Crippen LogP contribution in [0, 0.1) is 0 Å². The van der Waals surface area contributed by atoms with E-state index < -0.39 is 17.7 Å². The van der Waals surface area contributed by atoms with Gasteiger partial charge in [0.05, 0.1) is 12.5 Å². The molecule has 1 aromatic carbocycles. The Hall–Kier alpha value is -3.31. The van der Waals surface area contributed by atoms with E-state index in [1.54, 1.807) is 38.1 Å². The number of carbonyl (C=O) groups is 2. The molecule has 7 nitrogen and oxygen atoms in total. The Balaban J connectivity index is 2.41. The van der Waals surface area contributed by atoms with Gasteiger partial charge in [0, 0.05) is 17.8 Å². The number of esters is 1. The van der Waals surface area contributed by atoms with Gasteiger partial charge < -0.3 is 15.0 Å². The molecule has 0 N–H and O–H groups in total. The molecule has 0 amide bonds. The smallest absolute Gasteiger partial charge is 0.328 e. The number of rotatable bonds is 7. The zero-order chi connectivity index (χ0) is 18.2. The molecule has 0 spiro atoms. The summed E-state index contributed by atoms with van der Waals surface area (Å²) in [5.74, 6) is -1.02. The number of Topliss-reactive ketones (excluding diaryl/α,β-unsaturated/α-hetero) is 1. The van der Waals surface area contributed by atoms with Crippen molar-refractivity contribution < 1.29 is 23.9 Å². The van der Waals surface area contributed by atoms with Gasteiger partial charge in [0.15, 0.2) is 0 Å². The van der Waals surface area contributed by atoms with Gasteiger partial charge in [0.1, 0.15) is 5.75 Å². The van der Waals surface area contributed by atoms with Crippen molar-refractivity contribution in [2.45, 2.75) is 19.8 Å². The van der Waals surface area contributed by atoms with E-state index in [9.17, 15) is 9.59 Å². The molecule has 1 atom stereocenters. The van der Waals surface area contributed by atoms with E-state index in [0.717, 1.165) is 6.21 Å². The Morgan fingerprint density at radius 1 is 1.32 bits per heavy atom. The summed E-state index contributed by atoms with van der Waals surface area (Å²) in [6.07, 6.45) is 2.14. The molecular formula is C18H17N3O4. The van der Waals surface area contributed by atoms with Crippen LogP contribution in [0.15, 0.2) is 42.6 Å². The van der Waals surface area contributed by atoms with E-state index in [1.807, 2.05) is 6.07 Å². The normalized spacial score (nSPS) is 11.1. The number of aromatic nitrogens is 1. The third kappa shape index (κ3) is 4.59. The summed E-state index contributed by atoms with van der Waals surface area (Å²) in [4.78, 5) is 31.1. The molecule has 0 saturated heterocycles. The van der Waals surface area contributed by atoms with Crippen LogP contribution in [0.2, 0.25) is 0 Å². The molecule has 1 heterocycles. The van der Waals surface area contributed by atoms with Crippen molar-refractivity contribution in [1.82, 2.24) is 4.98 Å². The highest BCUT2D eigenvalue weighted by Gasteiger charge is 2.24. The molecule has 2 aromatic rings. The largest absolute Gasteiger partial charge is 0.466 e. The summed E-state index contributed by atoms with van der Waals surface area (Å²) < 4.78 is 10.6. The van der Waals surface area contributed by atoms with Gasteiger partial charge in [0.25, 0.3) is 5.78 Å². The number of benzene rings is 1. The summed E-state index contributed by atoms with van der Waals surface area (Å²) in [5, 5.41) is 0. The van der Waals surface area contributed by atoms with E-state index >= 15 is 0 Å². The van der Waals surface area contributed by atoms with Crippen molar-refractivity contribution in [1.29, 1.82) is 0 Å². The highest BCUT2D eigenvalue weighted by Crippen LogP contribution is 2.26. The number of carbonyl (C=O) groups excluding carboxylic acids is 2. The van der Waals surface area contributed by atoms with Gasteiger partial charge in [-0.25, -0.2) is 4.98 Å². The maximum Gasteiger partial charge on any atom is 0.328 e. The molecule has 1 aromatic heterocycles. The van der Waals surface area contributed by atoms with Gasteiger partial charge in [-0.2, -0.15) is 4.79 Å². The fraction of sp³-hybridized carbons (Fsp3) is 0.222. The Morgan fingerprint density at radius 3 is 2.68 bits per heavy atom. The second kappa shape index (κ2) is 8.52. The van der Waals surface area contributed by atoms with Crippen molar-refractivity contribution in [3.8, 4) is 11.6 Å². The van der Waals surface area contributed by atoms with Gasteiger partial charge in [-0.05, 0) is 31.5 Å². The first-order chi connectivity index (χ1) is 12.1. The SMILES string of the molecule is CCOC(=O)C(C)c1cnc(Oc2ccccc2)cc1C(=O)C=[N+]=[N-]. The van der Waals surface area contributed by atoms with Crippen LogP contribution < -0.4 is 4.74 Å². The van der Waals surface area contributed by atoms with Crippen molar-refractivity contribution in [3.63, 3.8) is 0 Å². The van der Waals surface area contributed by atoms with E-state index in [4.69, 9.17) is 15.0 Å². The molecule has 1 unspecified atom stereocenters. The van der Waals surface area contributed by atoms with Crippen LogP contribution in [0.4, 0.5) is 0 Å². The molecule has 0 aliphatic carbocycles. The molecule has 2 rings (SSSR count). The zero-order valence-corrected chi connectivity index (χ0v) is 13.9. The molecule has 0 aliphatic heterocycles. The summed E-state index contributed by atoms with van der Waals surface area (Å²) in [6, 6.07) is 10.3. The van der Waals surface area contributed by atoms with E-state index in [0.29, 0.717) is 11.3 Å². The van der Waals surface area contributed by atoms with Crippen molar-refractivity contribution in [3.05, 3.63) is 59.3 Å². The minimum Gasteiger partial charge on any atom is -0.466 e. The highest BCUT2D eigenvalue weighted by molar-refractivity contribution is 6.34. The second-order valence-corrected chi connectivity index (χ2v) is 5.11. The minimum absolute atomic E-state index is 0.152. The van der Waals surface area contributed by atoms with E-state index in [1.165, 1.54) is 12.3 Å². The Kier molecular flexibility index (Phi) is 6.14. The molecule has 0 bridgehead atoms. The lowest BCUT2D eigenvalue weighted by atomic mass is 9.95. The lowest BCUT2D eigenvalue weighted by Gasteiger charge is -2.14. The van der Waals surface area contributed by atoms with Crippen LogP contribution in [0.25, 0.3) is 5.53 Å². The number of hydrogen-bond acceptors (Lipinski definition) is 5. The summed E-state index contributed by atoms with van der Waals surface area (Å²) in [5.41, 5.74) is 9.15. The van der Waals surface area contributed by atoms with Crippen LogP contribution >= 0.6 is 0 Å². The summed E-state index contributed by atoms with van der Waals surface area (Å²) >= 11 is 0. The van der Waals surface area contributed by atoms with Crippen LogP contribution in [-0.4, -0.2) is 34.3 Å². The van der Waals surface area contributed by atoms with Crippen molar-refractivity contribution >= 4 is 18.0 Å². The standard InChI is InChI=1S/C18H17N3O4/c1-3-24-18(23)12(2)15-10-20-17(9-14(15)16(22)11-21-19)25-13-7-5-4-6-8-13/h4-12H,3H2,1-2H3. The second-order valence-electron chi connectivity index (χ2n) is 5.11. The molecule has 128 valence electrons. The Labute approximate surface area is 144 Å². The topological polar surface area (TPSA) is 102 Å². The number of hydrogen-bond donors (Lipinski definition) is 0. The number of ether oxygens (including phenoxy) is 2. The fourth-order valence-corrected chi connectivity index (χ4v) is 2.19. The Morgan fingerprint density at radius 2 is 2.04 bits per heavy atom. The molecule has 0 aliphatic rings. The zero-order valence-electron chi connectivity index (χ0n) is 13.9. The molecule has 0 saturated carbocycles. The third-order valence-electron chi connectivity index (χ3n) is 3.42. The van der Waals surface area contributed by atoms with Crippen LogP contribution in [0.1, 0.15) is 35.7 Å². The van der Waals surface area contributed by atoms with Gasteiger partial charge >= 0.3 is 12.2 Å². The molecule has 7 heteroatoms. The number of ketones is 1. The molecular weight excluding hydrogens is 322 g/mol. The number of pyridine rings is 1. The molecule has 25 heavy (non-hydrogen) atoms. The van der Waals surface area contributed by atoms with Gasteiger partial charge in [-0.1, -0.05) is 18.2 Å². The number of para-hydroxylation sites is 1. The molecule has 0 fully saturated rings. The average Bonchev–Trinajstić information content (AvgIpc) is 2.62. The van der Waals surface area contributed by atoms with Crippen molar-refractivity contribution in [2.75, 3.05) is 6.61 Å². The number of nitrogens with zero attached hydrogens (tertiary/aromatic N) is 3. The highest BCUT2D eigenvalue weighted by atomic mass is 16.5. The quantitative estimate of drug-likeness (QED) is 0.254. The third-order valence-corrected chi connectivity index (χ3v) is 3.42. The Bertz CT molecular complexity index is 814. The van der Waals surface area contributed by atoms with Crippen molar-refractivity contribution in [2.24, 2.45) is 0 Å². The first-order valence-electron chi connectivity index (χ1n) is 7.68. The van der Waals surface area contributed by atoms with Gasteiger partial charge in [-0.15, -0.1) is 0 Å². The average molecular weight is 339 g/mol. The summed E-state index contributed by atoms with van der Waals surface area (Å²) in [6.45, 7) is 3.54. The predicted octanol–water partition coefficient (Wildman–Crippen LogP) is 3.02. The predicted molar refractivity (Wildman–Crippen MR) is 89.8 cm³/mol. The fourth-order valence-electron chi connectivity index (χ4n) is 2.19. The first kappa shape index (κ1) is 18.0. The summed E-state index contributed by atoms with van der Waals surface area (Å²) in [7, 11) is 0. The van der Waals surface area contributed by atoms with Gasteiger partial charge in [0.2, 0.25) is 5.88 Å². The lowest BCUT2D eigenvalue weighted by molar-refractivity contribution is -0.144. The minimum atomic E-state index is -0.704. The maximum atomic E-state index is 12.2.